The molecule has 0 atom stereocenters. The van der Waals surface area contributed by atoms with E-state index < -0.39 is 23.9 Å². The molecule has 0 fully saturated rings. The third-order valence-corrected chi connectivity index (χ3v) is 14.2. The SMILES string of the molecule is O=C(O)c1ccc(C2=CC3=CC4=NC(=CC5=NC(=CC6=NC(=C(c7ccc(C(=O)O)c8ccccc78)C2=N3)C(c2ccc(C(=O)O)c3ccccc23)=C6c2ccc(C(=O)O)c3ccccc23)C=C5)C=C4)c2ccccc12. The predicted molar refractivity (Wildman–Crippen MR) is 298 cm³/mol. The Balaban J connectivity index is 1.26. The van der Waals surface area contributed by atoms with Crippen molar-refractivity contribution in [3.63, 3.8) is 0 Å². The molecule has 0 amide bonds. The highest BCUT2D eigenvalue weighted by atomic mass is 16.4. The Morgan fingerprint density at radius 2 is 0.684 bits per heavy atom. The summed E-state index contributed by atoms with van der Waals surface area (Å²) in [4.78, 5) is 73.0. The van der Waals surface area contributed by atoms with Crippen LogP contribution >= 0.6 is 0 Å². The summed E-state index contributed by atoms with van der Waals surface area (Å²) in [5.41, 5.74) is 8.99. The second-order valence-corrected chi connectivity index (χ2v) is 18.5. The number of fused-ring (bicyclic) bond motifs is 8. The smallest absolute Gasteiger partial charge is 0.336 e. The van der Waals surface area contributed by atoms with Crippen molar-refractivity contribution in [2.24, 2.45) is 20.0 Å². The first kappa shape index (κ1) is 45.2. The number of rotatable bonds is 8. The largest absolute Gasteiger partial charge is 0.478 e. The van der Waals surface area contributed by atoms with Gasteiger partial charge in [-0.25, -0.2) is 39.1 Å². The number of benzene rings is 8. The van der Waals surface area contributed by atoms with Crippen LogP contribution in [0, 0.1) is 0 Å². The van der Waals surface area contributed by atoms with Crippen LogP contribution in [0.4, 0.5) is 0 Å². The number of aromatic carboxylic acids is 4. The Hall–Kier alpha value is -10.7. The zero-order valence-electron chi connectivity index (χ0n) is 39.7. The molecule has 0 saturated heterocycles. The van der Waals surface area contributed by atoms with Crippen LogP contribution in [0.5, 0.6) is 0 Å². The van der Waals surface area contributed by atoms with E-state index in [-0.39, 0.29) is 22.3 Å². The van der Waals surface area contributed by atoms with Crippen molar-refractivity contribution in [2.75, 3.05) is 0 Å². The first-order valence-electron chi connectivity index (χ1n) is 24.1. The Labute approximate surface area is 431 Å². The Kier molecular flexibility index (Phi) is 10.4. The Morgan fingerprint density at radius 3 is 1.13 bits per heavy atom. The van der Waals surface area contributed by atoms with Crippen LogP contribution in [-0.2, 0) is 0 Å². The van der Waals surface area contributed by atoms with Crippen LogP contribution in [0.2, 0.25) is 0 Å². The lowest BCUT2D eigenvalue weighted by atomic mass is 9.81. The summed E-state index contributed by atoms with van der Waals surface area (Å²) in [5.74, 6) is -4.47. The van der Waals surface area contributed by atoms with Gasteiger partial charge in [-0.1, -0.05) is 121 Å². The highest BCUT2D eigenvalue weighted by molar-refractivity contribution is 6.52. The highest BCUT2D eigenvalue weighted by Crippen LogP contribution is 2.50. The van der Waals surface area contributed by atoms with E-state index in [2.05, 4.69) is 0 Å². The fraction of sp³-hybridized carbons (Fsp3) is 0. The Morgan fingerprint density at radius 1 is 0.316 bits per heavy atom. The van der Waals surface area contributed by atoms with Gasteiger partial charge in [0.2, 0.25) is 0 Å². The molecule has 0 radical (unpaired) electrons. The van der Waals surface area contributed by atoms with Crippen LogP contribution in [0.15, 0.2) is 237 Å². The van der Waals surface area contributed by atoms with E-state index in [1.54, 1.807) is 97.1 Å². The van der Waals surface area contributed by atoms with Gasteiger partial charge in [-0.15, -0.1) is 0 Å². The second-order valence-electron chi connectivity index (χ2n) is 18.5. The standard InChI is InChI=1S/C64H36N4O8/c69-61(70)50-25-21-46(38-9-1-5-13-42(38)50)54-31-37-30-35-18-17-33(65-35)29-34-19-20-36(66-34)32-55-56(47-22-26-51(62(71)72)43-14-6-2-10-39(43)47)57(48-23-27-52(63(73)74)44-15-7-3-11-40(44)48)60(68-55)58(59(54)67-37)49-24-28-53(64(75)76)45-16-8-4-12-41(45)49/h1-32H,(H,69,70)(H,71,72)(H,73,74)(H,75,76). The number of aliphatic imine (C=N–C) groups is 4. The summed E-state index contributed by atoms with van der Waals surface area (Å²) in [6, 6.07) is 42.3. The number of carbonyl (C=O) groups is 4. The average molecular weight is 989 g/mol. The molecule has 360 valence electrons. The molecule has 0 unspecified atom stereocenters. The third-order valence-electron chi connectivity index (χ3n) is 14.2. The molecule has 4 N–H and O–H groups in total. The summed E-state index contributed by atoms with van der Waals surface area (Å²) >= 11 is 0. The minimum absolute atomic E-state index is 0.0618. The molecule has 0 aliphatic carbocycles. The molecule has 0 saturated carbocycles. The molecular formula is C64H36N4O8. The number of hydrogen-bond donors (Lipinski definition) is 4. The average Bonchev–Trinajstić information content (AvgIpc) is 4.39. The van der Waals surface area contributed by atoms with Crippen LogP contribution in [-0.4, -0.2) is 67.2 Å². The molecule has 8 bridgehead atoms. The number of carboxylic acid groups (broad SMARTS) is 4. The van der Waals surface area contributed by atoms with Gasteiger partial charge in [0.25, 0.3) is 0 Å². The van der Waals surface area contributed by atoms with Gasteiger partial charge in [0.05, 0.1) is 67.9 Å². The first-order valence-corrected chi connectivity index (χ1v) is 24.1. The number of hydrogen-bond acceptors (Lipinski definition) is 8. The van der Waals surface area contributed by atoms with E-state index in [0.29, 0.717) is 133 Å². The van der Waals surface area contributed by atoms with Gasteiger partial charge in [0.15, 0.2) is 0 Å². The van der Waals surface area contributed by atoms with E-state index >= 15 is 0 Å². The van der Waals surface area contributed by atoms with Crippen molar-refractivity contribution in [1.29, 1.82) is 0 Å². The van der Waals surface area contributed by atoms with Gasteiger partial charge in [-0.3, -0.25) is 0 Å². The number of carboxylic acids is 4. The van der Waals surface area contributed by atoms with Crippen molar-refractivity contribution in [3.05, 3.63) is 261 Å². The van der Waals surface area contributed by atoms with Gasteiger partial charge in [-0.05, 0) is 138 Å². The van der Waals surface area contributed by atoms with Crippen LogP contribution in [0.1, 0.15) is 63.7 Å². The molecule has 12 nitrogen and oxygen atoms in total. The molecule has 8 aromatic rings. The fourth-order valence-corrected chi connectivity index (χ4v) is 11.0. The van der Waals surface area contributed by atoms with E-state index in [1.807, 2.05) is 97.1 Å². The maximum Gasteiger partial charge on any atom is 0.336 e. The molecule has 0 spiro atoms. The van der Waals surface area contributed by atoms with Crippen LogP contribution < -0.4 is 0 Å². The molecule has 5 heterocycles. The molecule has 0 aromatic heterocycles. The number of nitrogens with zero attached hydrogens (tertiary/aromatic N) is 4. The van der Waals surface area contributed by atoms with Gasteiger partial charge in [-0.2, -0.15) is 0 Å². The van der Waals surface area contributed by atoms with E-state index in [1.165, 1.54) is 0 Å². The van der Waals surface area contributed by atoms with Crippen molar-refractivity contribution >= 4 is 112 Å². The maximum atomic E-state index is 13.1. The number of allylic oxidation sites excluding steroid dienone is 12. The van der Waals surface area contributed by atoms with Crippen molar-refractivity contribution in [1.82, 2.24) is 0 Å². The summed E-state index contributed by atoms with van der Waals surface area (Å²) in [6.07, 6.45) is 15.0. The van der Waals surface area contributed by atoms with Gasteiger partial charge in [0, 0.05) is 22.3 Å². The molecule has 5 aliphatic rings. The predicted octanol–water partition coefficient (Wildman–Crippen LogP) is 13.1. The monoisotopic (exact) mass is 988 g/mol. The van der Waals surface area contributed by atoms with Crippen molar-refractivity contribution < 1.29 is 39.6 Å². The van der Waals surface area contributed by atoms with E-state index in [0.717, 1.165) is 0 Å². The molecule has 76 heavy (non-hydrogen) atoms. The lowest BCUT2D eigenvalue weighted by molar-refractivity contribution is 0.0688. The quantitative estimate of drug-likeness (QED) is 0.115. The topological polar surface area (TPSA) is 199 Å². The van der Waals surface area contributed by atoms with Gasteiger partial charge in [0.1, 0.15) is 0 Å². The normalized spacial score (nSPS) is 15.7. The fourth-order valence-electron chi connectivity index (χ4n) is 11.0. The first-order chi connectivity index (χ1) is 37.0. The maximum absolute atomic E-state index is 13.1. The molecule has 5 aliphatic heterocycles. The van der Waals surface area contributed by atoms with E-state index in [4.69, 9.17) is 20.0 Å². The van der Waals surface area contributed by atoms with Gasteiger partial charge < -0.3 is 20.4 Å². The third kappa shape index (κ3) is 7.31. The van der Waals surface area contributed by atoms with Crippen LogP contribution in [0.3, 0.4) is 0 Å². The van der Waals surface area contributed by atoms with Crippen molar-refractivity contribution in [3.8, 4) is 0 Å². The lowest BCUT2D eigenvalue weighted by Gasteiger charge is -2.21. The summed E-state index contributed by atoms with van der Waals surface area (Å²) in [7, 11) is 0. The second kappa shape index (κ2) is 17.5. The van der Waals surface area contributed by atoms with Gasteiger partial charge >= 0.3 is 23.9 Å². The summed E-state index contributed by atoms with van der Waals surface area (Å²) < 4.78 is 0. The summed E-state index contributed by atoms with van der Waals surface area (Å²) in [6.45, 7) is 0. The van der Waals surface area contributed by atoms with Crippen LogP contribution in [0.25, 0.3) is 65.4 Å². The summed E-state index contributed by atoms with van der Waals surface area (Å²) in [5, 5.41) is 46.5. The highest BCUT2D eigenvalue weighted by Gasteiger charge is 2.36. The molecule has 8 aromatic carbocycles. The van der Waals surface area contributed by atoms with Crippen molar-refractivity contribution in [2.45, 2.75) is 0 Å². The Bertz CT molecular complexity index is 4510. The minimum atomic E-state index is -1.13. The molecule has 13 rings (SSSR count). The minimum Gasteiger partial charge on any atom is -0.478 e. The zero-order valence-corrected chi connectivity index (χ0v) is 39.7. The van der Waals surface area contributed by atoms with E-state index in [9.17, 15) is 39.6 Å². The lowest BCUT2D eigenvalue weighted by Crippen LogP contribution is -2.10. The molecule has 12 heteroatoms. The zero-order chi connectivity index (χ0) is 51.9. The molecular weight excluding hydrogens is 953 g/mol.